The van der Waals surface area contributed by atoms with Crippen LogP contribution in [0.15, 0.2) is 18.5 Å². The molecular weight excluding hydrogens is 236 g/mol. The second-order valence-electron chi connectivity index (χ2n) is 4.57. The van der Waals surface area contributed by atoms with Gasteiger partial charge in [-0.05, 0) is 24.8 Å². The summed E-state index contributed by atoms with van der Waals surface area (Å²) in [4.78, 5) is 6.40. The molecule has 17 heavy (non-hydrogen) atoms. The van der Waals surface area contributed by atoms with Crippen molar-refractivity contribution in [2.45, 2.75) is 18.7 Å². The quantitative estimate of drug-likeness (QED) is 0.773. The molecule has 0 aromatic carbocycles. The Kier molecular flexibility index (Phi) is 4.63. The zero-order valence-electron chi connectivity index (χ0n) is 10.2. The van der Waals surface area contributed by atoms with Crippen molar-refractivity contribution in [2.24, 2.45) is 5.92 Å². The number of aromatic nitrogens is 1. The van der Waals surface area contributed by atoms with E-state index in [1.54, 1.807) is 0 Å². The van der Waals surface area contributed by atoms with E-state index >= 15 is 0 Å². The van der Waals surface area contributed by atoms with Gasteiger partial charge in [-0.1, -0.05) is 0 Å². The number of halogens is 1. The molecule has 0 radical (unpaired) electrons. The molecule has 2 rings (SSSR count). The van der Waals surface area contributed by atoms with E-state index in [4.69, 9.17) is 16.3 Å². The van der Waals surface area contributed by atoms with Crippen molar-refractivity contribution in [3.8, 4) is 0 Å². The molecule has 0 bridgehead atoms. The van der Waals surface area contributed by atoms with Crippen molar-refractivity contribution in [2.75, 3.05) is 31.7 Å². The first-order valence-electron chi connectivity index (χ1n) is 6.09. The van der Waals surface area contributed by atoms with E-state index in [0.717, 1.165) is 44.1 Å². The number of hydrogen-bond acceptors (Lipinski definition) is 3. The van der Waals surface area contributed by atoms with Crippen molar-refractivity contribution >= 4 is 17.3 Å². The van der Waals surface area contributed by atoms with Crippen molar-refractivity contribution in [3.63, 3.8) is 0 Å². The van der Waals surface area contributed by atoms with E-state index in [9.17, 15) is 0 Å². The Labute approximate surface area is 108 Å². The summed E-state index contributed by atoms with van der Waals surface area (Å²) in [6, 6.07) is 2.04. The lowest BCUT2D eigenvalue weighted by Gasteiger charge is -2.29. The summed E-state index contributed by atoms with van der Waals surface area (Å²) >= 11 is 5.93. The summed E-state index contributed by atoms with van der Waals surface area (Å²) in [5, 5.41) is 0. The Balaban J connectivity index is 2.00. The molecule has 2 heterocycles. The first-order valence-corrected chi connectivity index (χ1v) is 6.62. The summed E-state index contributed by atoms with van der Waals surface area (Å²) in [7, 11) is 2.13. The van der Waals surface area contributed by atoms with Gasteiger partial charge in [0.1, 0.15) is 0 Å². The van der Waals surface area contributed by atoms with E-state index in [1.165, 1.54) is 5.69 Å². The molecule has 1 aliphatic heterocycles. The molecule has 0 spiro atoms. The second kappa shape index (κ2) is 6.22. The molecule has 0 unspecified atom stereocenters. The maximum Gasteiger partial charge on any atom is 0.0509 e. The Morgan fingerprint density at radius 2 is 2.24 bits per heavy atom. The lowest BCUT2D eigenvalue weighted by atomic mass is 9.99. The molecule has 1 aromatic heterocycles. The maximum atomic E-state index is 5.93. The summed E-state index contributed by atoms with van der Waals surface area (Å²) in [6.07, 6.45) is 5.99. The average Bonchev–Trinajstić information content (AvgIpc) is 2.40. The SMILES string of the molecule is CN(CC1CCOCC1)c1ccncc1CCl. The van der Waals surface area contributed by atoms with Gasteiger partial charge < -0.3 is 9.64 Å². The highest BCUT2D eigenvalue weighted by molar-refractivity contribution is 6.17. The van der Waals surface area contributed by atoms with Gasteiger partial charge in [-0.3, -0.25) is 4.98 Å². The van der Waals surface area contributed by atoms with Gasteiger partial charge in [0.2, 0.25) is 0 Å². The fraction of sp³-hybridized carbons (Fsp3) is 0.615. The van der Waals surface area contributed by atoms with E-state index in [1.807, 2.05) is 18.5 Å². The minimum Gasteiger partial charge on any atom is -0.381 e. The molecule has 0 amide bonds. The second-order valence-corrected chi connectivity index (χ2v) is 4.84. The molecule has 0 atom stereocenters. The predicted octanol–water partition coefficient (Wildman–Crippen LogP) is 2.68. The van der Waals surface area contributed by atoms with Gasteiger partial charge in [-0.2, -0.15) is 0 Å². The van der Waals surface area contributed by atoms with Crippen LogP contribution >= 0.6 is 11.6 Å². The highest BCUT2D eigenvalue weighted by Crippen LogP contribution is 2.23. The van der Waals surface area contributed by atoms with Crippen molar-refractivity contribution < 1.29 is 4.74 Å². The zero-order chi connectivity index (χ0) is 12.1. The van der Waals surface area contributed by atoms with Crippen molar-refractivity contribution in [1.82, 2.24) is 4.98 Å². The van der Waals surface area contributed by atoms with Crippen LogP contribution in [0.4, 0.5) is 5.69 Å². The van der Waals surface area contributed by atoms with Crippen LogP contribution in [0, 0.1) is 5.92 Å². The molecule has 1 saturated heterocycles. The molecule has 94 valence electrons. The number of nitrogens with zero attached hydrogens (tertiary/aromatic N) is 2. The topological polar surface area (TPSA) is 25.4 Å². The molecule has 3 nitrogen and oxygen atoms in total. The molecule has 1 fully saturated rings. The Morgan fingerprint density at radius 3 is 2.94 bits per heavy atom. The third-order valence-electron chi connectivity index (χ3n) is 3.31. The largest absolute Gasteiger partial charge is 0.381 e. The standard InChI is InChI=1S/C13H19ClN2O/c1-16(10-11-3-6-17-7-4-11)13-2-5-15-9-12(13)8-14/h2,5,9,11H,3-4,6-8,10H2,1H3. The van der Waals surface area contributed by atoms with Crippen LogP contribution in [0.5, 0.6) is 0 Å². The van der Waals surface area contributed by atoms with Crippen LogP contribution in [0.25, 0.3) is 0 Å². The molecule has 0 saturated carbocycles. The van der Waals surface area contributed by atoms with Crippen LogP contribution in [-0.2, 0) is 10.6 Å². The first kappa shape index (κ1) is 12.7. The Morgan fingerprint density at radius 1 is 1.47 bits per heavy atom. The highest BCUT2D eigenvalue weighted by Gasteiger charge is 2.17. The zero-order valence-corrected chi connectivity index (χ0v) is 11.0. The van der Waals surface area contributed by atoms with E-state index < -0.39 is 0 Å². The Hall–Kier alpha value is -0.800. The van der Waals surface area contributed by atoms with Crippen LogP contribution < -0.4 is 4.90 Å². The van der Waals surface area contributed by atoms with Crippen molar-refractivity contribution in [1.29, 1.82) is 0 Å². The lowest BCUT2D eigenvalue weighted by Crippen LogP contribution is -2.30. The van der Waals surface area contributed by atoms with Crippen LogP contribution in [0.3, 0.4) is 0 Å². The van der Waals surface area contributed by atoms with Gasteiger partial charge in [-0.15, -0.1) is 11.6 Å². The van der Waals surface area contributed by atoms with E-state index in [2.05, 4.69) is 16.9 Å². The number of rotatable bonds is 4. The summed E-state index contributed by atoms with van der Waals surface area (Å²) < 4.78 is 5.38. The molecule has 1 aliphatic rings. The van der Waals surface area contributed by atoms with E-state index in [0.29, 0.717) is 5.88 Å². The monoisotopic (exact) mass is 254 g/mol. The van der Waals surface area contributed by atoms with Gasteiger partial charge in [0.05, 0.1) is 5.88 Å². The minimum atomic E-state index is 0.515. The van der Waals surface area contributed by atoms with Gasteiger partial charge in [0, 0.05) is 50.5 Å². The fourth-order valence-corrected chi connectivity index (χ4v) is 2.52. The molecule has 1 aromatic rings. The first-order chi connectivity index (χ1) is 8.31. The third-order valence-corrected chi connectivity index (χ3v) is 3.59. The molecule has 0 aliphatic carbocycles. The highest BCUT2D eigenvalue weighted by atomic mass is 35.5. The van der Waals surface area contributed by atoms with Gasteiger partial charge in [0.25, 0.3) is 0 Å². The third kappa shape index (κ3) is 3.33. The fourth-order valence-electron chi connectivity index (χ4n) is 2.31. The maximum absolute atomic E-state index is 5.93. The van der Waals surface area contributed by atoms with Crippen LogP contribution in [0.1, 0.15) is 18.4 Å². The lowest BCUT2D eigenvalue weighted by molar-refractivity contribution is 0.0685. The van der Waals surface area contributed by atoms with Crippen LogP contribution in [0.2, 0.25) is 0 Å². The average molecular weight is 255 g/mol. The van der Waals surface area contributed by atoms with Crippen molar-refractivity contribution in [3.05, 3.63) is 24.0 Å². The normalized spacial score (nSPS) is 17.1. The van der Waals surface area contributed by atoms with Crippen LogP contribution in [-0.4, -0.2) is 31.8 Å². The minimum absolute atomic E-state index is 0.515. The number of pyridine rings is 1. The summed E-state index contributed by atoms with van der Waals surface area (Å²) in [6.45, 7) is 2.87. The number of alkyl halides is 1. The summed E-state index contributed by atoms with van der Waals surface area (Å²) in [5.41, 5.74) is 2.30. The molecule has 4 heteroatoms. The van der Waals surface area contributed by atoms with Gasteiger partial charge in [0.15, 0.2) is 0 Å². The molecular formula is C13H19ClN2O. The molecule has 0 N–H and O–H groups in total. The van der Waals surface area contributed by atoms with E-state index in [-0.39, 0.29) is 0 Å². The number of ether oxygens (including phenoxy) is 1. The number of hydrogen-bond donors (Lipinski definition) is 0. The van der Waals surface area contributed by atoms with Gasteiger partial charge >= 0.3 is 0 Å². The number of anilines is 1. The summed E-state index contributed by atoms with van der Waals surface area (Å²) in [5.74, 6) is 1.24. The smallest absolute Gasteiger partial charge is 0.0509 e. The Bertz CT molecular complexity index is 353. The van der Waals surface area contributed by atoms with Gasteiger partial charge in [-0.25, -0.2) is 0 Å². The predicted molar refractivity (Wildman–Crippen MR) is 70.6 cm³/mol.